The molecule has 2 N–H and O–H groups in total. The van der Waals surface area contributed by atoms with Crippen LogP contribution in [0.25, 0.3) is 11.4 Å². The maximum atomic E-state index is 5.50. The second-order valence-corrected chi connectivity index (χ2v) is 5.01. The van der Waals surface area contributed by atoms with Gasteiger partial charge in [0.15, 0.2) is 17.3 Å². The van der Waals surface area contributed by atoms with E-state index in [4.69, 9.17) is 9.47 Å². The first kappa shape index (κ1) is 12.3. The molecule has 0 amide bonds. The summed E-state index contributed by atoms with van der Waals surface area (Å²) in [7, 11) is 0. The maximum Gasteiger partial charge on any atom is 0.231 e. The summed E-state index contributed by atoms with van der Waals surface area (Å²) < 4.78 is 10.9. The Morgan fingerprint density at radius 2 is 2.24 bits per heavy atom. The van der Waals surface area contributed by atoms with Gasteiger partial charge in [-0.25, -0.2) is 9.97 Å². The molecule has 1 aromatic carbocycles. The Hall–Kier alpha value is -2.41. The summed E-state index contributed by atoms with van der Waals surface area (Å²) in [5.74, 6) is 2.59. The van der Waals surface area contributed by atoms with E-state index in [9.17, 15) is 0 Å². The van der Waals surface area contributed by atoms with E-state index in [1.807, 2.05) is 18.2 Å². The molecule has 2 aliphatic heterocycles. The monoisotopic (exact) mass is 285 g/mol. The average molecular weight is 285 g/mol. The minimum Gasteiger partial charge on any atom is -0.454 e. The number of fused-ring (bicyclic) bond motifs is 1. The van der Waals surface area contributed by atoms with Gasteiger partial charge < -0.3 is 20.1 Å². The highest BCUT2D eigenvalue weighted by Crippen LogP contribution is 2.39. The van der Waals surface area contributed by atoms with Gasteiger partial charge >= 0.3 is 0 Å². The minimum absolute atomic E-state index is 0.232. The van der Waals surface area contributed by atoms with Crippen molar-refractivity contribution in [2.45, 2.75) is 12.5 Å². The van der Waals surface area contributed by atoms with Crippen molar-refractivity contribution in [2.75, 3.05) is 25.2 Å². The Morgan fingerprint density at radius 1 is 1.24 bits per heavy atom. The Bertz CT molecular complexity index is 658. The molecule has 0 aliphatic carbocycles. The topological polar surface area (TPSA) is 81.2 Å². The smallest absolute Gasteiger partial charge is 0.231 e. The van der Waals surface area contributed by atoms with Crippen LogP contribution in [0.1, 0.15) is 6.42 Å². The standard InChI is InChI=1S/C14H15N5O2/c1-2-10(12-11(3-1)20-8-21-12)13-16-7-17-14(19-13)18-9-4-5-15-6-9/h1-3,7,9,15H,4-6,8H2,(H,16,17,18,19). The lowest BCUT2D eigenvalue weighted by molar-refractivity contribution is 0.174. The molecule has 0 spiro atoms. The van der Waals surface area contributed by atoms with Crippen molar-refractivity contribution >= 4 is 5.95 Å². The number of benzene rings is 1. The third kappa shape index (κ3) is 2.36. The molecule has 2 aromatic rings. The van der Waals surface area contributed by atoms with Crippen LogP contribution in [-0.2, 0) is 0 Å². The third-order valence-electron chi connectivity index (χ3n) is 3.60. The summed E-state index contributed by atoms with van der Waals surface area (Å²) >= 11 is 0. The quantitative estimate of drug-likeness (QED) is 0.872. The van der Waals surface area contributed by atoms with Gasteiger partial charge in [-0.3, -0.25) is 0 Å². The number of ether oxygens (including phenoxy) is 2. The first-order valence-corrected chi connectivity index (χ1v) is 6.95. The molecular weight excluding hydrogens is 270 g/mol. The van der Waals surface area contributed by atoms with Crippen LogP contribution in [0, 0.1) is 0 Å². The van der Waals surface area contributed by atoms with E-state index >= 15 is 0 Å². The number of aromatic nitrogens is 3. The van der Waals surface area contributed by atoms with Crippen LogP contribution >= 0.6 is 0 Å². The molecule has 0 radical (unpaired) electrons. The molecule has 1 saturated heterocycles. The Balaban J connectivity index is 1.65. The number of anilines is 1. The van der Waals surface area contributed by atoms with Gasteiger partial charge in [-0.2, -0.15) is 4.98 Å². The van der Waals surface area contributed by atoms with E-state index in [1.54, 1.807) is 0 Å². The summed E-state index contributed by atoms with van der Waals surface area (Å²) in [4.78, 5) is 12.9. The van der Waals surface area contributed by atoms with Gasteiger partial charge in [-0.15, -0.1) is 0 Å². The van der Waals surface area contributed by atoms with Crippen molar-refractivity contribution in [3.8, 4) is 22.9 Å². The zero-order valence-corrected chi connectivity index (χ0v) is 11.4. The largest absolute Gasteiger partial charge is 0.454 e. The van der Waals surface area contributed by atoms with Crippen LogP contribution in [0.2, 0.25) is 0 Å². The second kappa shape index (κ2) is 5.17. The van der Waals surface area contributed by atoms with E-state index in [0.717, 1.165) is 30.8 Å². The molecule has 1 fully saturated rings. The highest BCUT2D eigenvalue weighted by atomic mass is 16.7. The molecule has 7 nitrogen and oxygen atoms in total. The third-order valence-corrected chi connectivity index (χ3v) is 3.60. The summed E-state index contributed by atoms with van der Waals surface area (Å²) in [6.45, 7) is 2.18. The molecule has 1 atom stereocenters. The van der Waals surface area contributed by atoms with Crippen LogP contribution in [0.4, 0.5) is 5.95 Å². The highest BCUT2D eigenvalue weighted by molar-refractivity contribution is 5.69. The minimum atomic E-state index is 0.232. The van der Waals surface area contributed by atoms with Gasteiger partial charge in [0.25, 0.3) is 0 Å². The summed E-state index contributed by atoms with van der Waals surface area (Å²) in [6.07, 6.45) is 2.58. The van der Waals surface area contributed by atoms with Crippen molar-refractivity contribution < 1.29 is 9.47 Å². The SMILES string of the molecule is c1cc2c(c(-c3ncnc(NC4CCNC4)n3)c1)OCO2. The van der Waals surface area contributed by atoms with Crippen molar-refractivity contribution in [1.29, 1.82) is 0 Å². The number of hydrogen-bond acceptors (Lipinski definition) is 7. The van der Waals surface area contributed by atoms with Gasteiger partial charge in [-0.1, -0.05) is 6.07 Å². The summed E-state index contributed by atoms with van der Waals surface area (Å²) in [5.41, 5.74) is 0.819. The van der Waals surface area contributed by atoms with E-state index < -0.39 is 0 Å². The van der Waals surface area contributed by atoms with Crippen molar-refractivity contribution in [3.05, 3.63) is 24.5 Å². The fraction of sp³-hybridized carbons (Fsp3) is 0.357. The predicted octanol–water partition coefficient (Wildman–Crippen LogP) is 1.04. The molecule has 108 valence electrons. The van der Waals surface area contributed by atoms with Gasteiger partial charge in [0.1, 0.15) is 6.33 Å². The Kier molecular flexibility index (Phi) is 3.04. The summed E-state index contributed by atoms with van der Waals surface area (Å²) in [5, 5.41) is 6.62. The number of para-hydroxylation sites is 1. The zero-order chi connectivity index (χ0) is 14.1. The molecular formula is C14H15N5O2. The maximum absolute atomic E-state index is 5.50. The fourth-order valence-corrected chi connectivity index (χ4v) is 2.56. The summed E-state index contributed by atoms with van der Waals surface area (Å²) in [6, 6.07) is 6.06. The first-order chi connectivity index (χ1) is 10.4. The number of hydrogen-bond donors (Lipinski definition) is 2. The molecule has 0 saturated carbocycles. The van der Waals surface area contributed by atoms with Crippen LogP contribution in [0.5, 0.6) is 11.5 Å². The lowest BCUT2D eigenvalue weighted by Crippen LogP contribution is -2.23. The number of nitrogens with one attached hydrogen (secondary N) is 2. The van der Waals surface area contributed by atoms with Crippen molar-refractivity contribution in [3.63, 3.8) is 0 Å². The number of rotatable bonds is 3. The number of nitrogens with zero attached hydrogens (tertiary/aromatic N) is 3. The first-order valence-electron chi connectivity index (χ1n) is 6.95. The predicted molar refractivity (Wildman–Crippen MR) is 76.3 cm³/mol. The molecule has 0 bridgehead atoms. The lowest BCUT2D eigenvalue weighted by Gasteiger charge is -2.11. The molecule has 7 heteroatoms. The van der Waals surface area contributed by atoms with Crippen LogP contribution in [0.3, 0.4) is 0 Å². The second-order valence-electron chi connectivity index (χ2n) is 5.01. The molecule has 1 aromatic heterocycles. The normalized spacial score (nSPS) is 19.7. The van der Waals surface area contributed by atoms with Gasteiger partial charge in [0.05, 0.1) is 5.56 Å². The molecule has 2 aliphatic rings. The van der Waals surface area contributed by atoms with Crippen molar-refractivity contribution in [1.82, 2.24) is 20.3 Å². The fourth-order valence-electron chi connectivity index (χ4n) is 2.56. The van der Waals surface area contributed by atoms with E-state index in [0.29, 0.717) is 23.6 Å². The van der Waals surface area contributed by atoms with Crippen LogP contribution < -0.4 is 20.1 Å². The van der Waals surface area contributed by atoms with Gasteiger partial charge in [0.2, 0.25) is 12.7 Å². The van der Waals surface area contributed by atoms with Crippen LogP contribution in [-0.4, -0.2) is 40.9 Å². The molecule has 3 heterocycles. The van der Waals surface area contributed by atoms with E-state index in [2.05, 4.69) is 25.6 Å². The molecule has 4 rings (SSSR count). The van der Waals surface area contributed by atoms with Gasteiger partial charge in [-0.05, 0) is 25.1 Å². The average Bonchev–Trinajstić information content (AvgIpc) is 3.18. The molecule has 1 unspecified atom stereocenters. The Labute approximate surface area is 121 Å². The van der Waals surface area contributed by atoms with Crippen molar-refractivity contribution in [2.24, 2.45) is 0 Å². The zero-order valence-electron chi connectivity index (χ0n) is 11.4. The van der Waals surface area contributed by atoms with Crippen LogP contribution in [0.15, 0.2) is 24.5 Å². The molecule has 21 heavy (non-hydrogen) atoms. The Morgan fingerprint density at radius 3 is 3.14 bits per heavy atom. The lowest BCUT2D eigenvalue weighted by atomic mass is 10.2. The van der Waals surface area contributed by atoms with E-state index in [1.165, 1.54) is 6.33 Å². The van der Waals surface area contributed by atoms with E-state index in [-0.39, 0.29) is 6.79 Å². The highest BCUT2D eigenvalue weighted by Gasteiger charge is 2.21. The van der Waals surface area contributed by atoms with Gasteiger partial charge in [0, 0.05) is 12.6 Å².